The molecule has 1 aromatic carbocycles. The third-order valence-corrected chi connectivity index (χ3v) is 4.35. The number of benzene rings is 1. The number of nitrogens with zero attached hydrogens (tertiary/aromatic N) is 3. The summed E-state index contributed by atoms with van der Waals surface area (Å²) in [7, 11) is 0. The van der Waals surface area contributed by atoms with Gasteiger partial charge in [0.25, 0.3) is 6.43 Å². The number of aromatic nitrogens is 1. The summed E-state index contributed by atoms with van der Waals surface area (Å²) in [4.78, 5) is 19.6. The van der Waals surface area contributed by atoms with Gasteiger partial charge in [0.05, 0.1) is 12.2 Å². The van der Waals surface area contributed by atoms with E-state index in [2.05, 4.69) is 15.3 Å². The number of hydrogen-bond donors (Lipinski definition) is 2. The van der Waals surface area contributed by atoms with E-state index in [9.17, 15) is 18.0 Å². The zero-order valence-corrected chi connectivity index (χ0v) is 15.8. The van der Waals surface area contributed by atoms with Crippen LogP contribution in [0.3, 0.4) is 0 Å². The first-order valence-electron chi connectivity index (χ1n) is 8.30. The number of amidine groups is 1. The lowest BCUT2D eigenvalue weighted by molar-refractivity contribution is -0.0145. The predicted molar refractivity (Wildman–Crippen MR) is 100 cm³/mol. The Balaban J connectivity index is 1.86. The largest absolute Gasteiger partial charge is 0.418 e. The van der Waals surface area contributed by atoms with Crippen LogP contribution in [-0.2, 0) is 10.3 Å². The fourth-order valence-corrected chi connectivity index (χ4v) is 2.93. The Morgan fingerprint density at radius 1 is 1.43 bits per heavy atom. The maximum Gasteiger partial charge on any atom is 0.418 e. The topological polar surface area (TPSA) is 123 Å². The van der Waals surface area contributed by atoms with E-state index in [0.29, 0.717) is 0 Å². The number of anilines is 1. The van der Waals surface area contributed by atoms with Crippen molar-refractivity contribution >= 4 is 29.2 Å². The number of nitrogens with one attached hydrogen (secondary N) is 1. The highest BCUT2D eigenvalue weighted by Crippen LogP contribution is 2.38. The molecule has 8 nitrogen and oxygen atoms in total. The second-order valence-electron chi connectivity index (χ2n) is 6.15. The fraction of sp³-hybridized carbons (Fsp3) is 0.222. The minimum Gasteiger partial charge on any atom is -0.389 e. The number of aliphatic imine (C=N–C) groups is 1. The highest BCUT2D eigenvalue weighted by molar-refractivity contribution is 6.32. The normalized spacial score (nSPS) is 18.5. The van der Waals surface area contributed by atoms with Gasteiger partial charge >= 0.3 is 6.09 Å². The van der Waals surface area contributed by atoms with Gasteiger partial charge in [-0.1, -0.05) is 11.6 Å². The molecule has 1 aliphatic heterocycles. The molecule has 1 amide bonds. The molecule has 0 saturated carbocycles. The molecule has 0 spiro atoms. The lowest BCUT2D eigenvalue weighted by Gasteiger charge is -2.33. The molecule has 2 aromatic rings. The number of pyridine rings is 1. The number of hydrogen-bond acceptors (Lipinski definition) is 7. The predicted octanol–water partition coefficient (Wildman–Crippen LogP) is 3.20. The van der Waals surface area contributed by atoms with E-state index in [0.717, 1.165) is 24.4 Å². The fourth-order valence-electron chi connectivity index (χ4n) is 2.73. The summed E-state index contributed by atoms with van der Waals surface area (Å²) in [6.45, 7) is -0.750. The zero-order chi connectivity index (χ0) is 21.9. The summed E-state index contributed by atoms with van der Waals surface area (Å²) in [6.07, 6.45) is -3.06. The van der Waals surface area contributed by atoms with Crippen LogP contribution < -0.4 is 15.8 Å². The van der Waals surface area contributed by atoms with Gasteiger partial charge in [-0.2, -0.15) is 5.26 Å². The summed E-state index contributed by atoms with van der Waals surface area (Å²) in [5, 5.41) is 11.0. The molecule has 0 bridgehead atoms. The molecule has 0 unspecified atom stereocenters. The average Bonchev–Trinajstić information content (AvgIpc) is 2.70. The van der Waals surface area contributed by atoms with Gasteiger partial charge in [0.2, 0.25) is 5.88 Å². The van der Waals surface area contributed by atoms with E-state index in [-0.39, 0.29) is 34.6 Å². The van der Waals surface area contributed by atoms with Gasteiger partial charge in [0, 0.05) is 17.4 Å². The molecular formula is C18H13ClF3N5O3. The molecule has 0 aliphatic carbocycles. The van der Waals surface area contributed by atoms with Crippen molar-refractivity contribution in [2.75, 3.05) is 18.5 Å². The number of nitrogens with two attached hydrogens (primary N) is 1. The lowest BCUT2D eigenvalue weighted by Crippen LogP contribution is -2.45. The highest BCUT2D eigenvalue weighted by Gasteiger charge is 2.46. The van der Waals surface area contributed by atoms with E-state index >= 15 is 0 Å². The molecule has 3 rings (SSSR count). The Labute approximate surface area is 173 Å². The molecule has 3 N–H and O–H groups in total. The summed E-state index contributed by atoms with van der Waals surface area (Å²) in [5.74, 6) is -1.47. The Kier molecular flexibility index (Phi) is 6.09. The van der Waals surface area contributed by atoms with Crippen LogP contribution in [0, 0.1) is 17.1 Å². The van der Waals surface area contributed by atoms with Gasteiger partial charge in [-0.25, -0.2) is 22.9 Å². The molecule has 1 atom stereocenters. The Morgan fingerprint density at radius 3 is 2.83 bits per heavy atom. The van der Waals surface area contributed by atoms with Crippen molar-refractivity contribution in [1.29, 1.82) is 5.26 Å². The van der Waals surface area contributed by atoms with E-state index in [4.69, 9.17) is 32.1 Å². The van der Waals surface area contributed by atoms with Crippen molar-refractivity contribution < 1.29 is 27.4 Å². The summed E-state index contributed by atoms with van der Waals surface area (Å²) >= 11 is 5.88. The number of carbonyl (C=O) groups excluding carboxylic acids is 1. The first-order valence-corrected chi connectivity index (χ1v) is 8.67. The van der Waals surface area contributed by atoms with Gasteiger partial charge in [0.15, 0.2) is 5.54 Å². The van der Waals surface area contributed by atoms with Crippen LogP contribution in [-0.4, -0.2) is 36.6 Å². The van der Waals surface area contributed by atoms with E-state index < -0.39 is 36.0 Å². The van der Waals surface area contributed by atoms with Crippen molar-refractivity contribution in [3.63, 3.8) is 0 Å². The van der Waals surface area contributed by atoms with Gasteiger partial charge in [0.1, 0.15) is 29.4 Å². The quantitative estimate of drug-likeness (QED) is 0.754. The van der Waals surface area contributed by atoms with Crippen molar-refractivity contribution in [3.8, 4) is 11.9 Å². The minimum atomic E-state index is -3.13. The molecule has 0 fully saturated rings. The summed E-state index contributed by atoms with van der Waals surface area (Å²) < 4.78 is 52.0. The van der Waals surface area contributed by atoms with Gasteiger partial charge in [-0.15, -0.1) is 0 Å². The van der Waals surface area contributed by atoms with E-state index in [1.165, 1.54) is 6.07 Å². The standard InChI is InChI=1S/C18H13ClF3N5O3/c19-12-3-9(5-23)6-25-15(12)30-17(28)26-10-1-2-13(20)11(4-10)18(16(21)22)8-29-7-14(24)27-18/h1-4,6,16H,7-8H2,(H2,24,27)(H,26,28)/t18-/m0/s1. The van der Waals surface area contributed by atoms with Gasteiger partial charge in [-0.05, 0) is 24.3 Å². The molecule has 30 heavy (non-hydrogen) atoms. The summed E-state index contributed by atoms with van der Waals surface area (Å²) in [5.41, 5.74) is 2.75. The zero-order valence-electron chi connectivity index (χ0n) is 15.0. The van der Waals surface area contributed by atoms with Crippen LogP contribution in [0.2, 0.25) is 5.02 Å². The van der Waals surface area contributed by atoms with Crippen molar-refractivity contribution in [3.05, 3.63) is 52.4 Å². The maximum absolute atomic E-state index is 14.4. The Morgan fingerprint density at radius 2 is 2.20 bits per heavy atom. The molecule has 156 valence electrons. The number of amides is 1. The highest BCUT2D eigenvalue weighted by atomic mass is 35.5. The minimum absolute atomic E-state index is 0.0551. The van der Waals surface area contributed by atoms with Crippen LogP contribution >= 0.6 is 11.6 Å². The number of halogens is 4. The first kappa shape index (κ1) is 21.4. The molecule has 1 aliphatic rings. The van der Waals surface area contributed by atoms with Crippen LogP contribution in [0.15, 0.2) is 35.5 Å². The van der Waals surface area contributed by atoms with Crippen molar-refractivity contribution in [2.24, 2.45) is 10.7 Å². The monoisotopic (exact) mass is 439 g/mol. The molecule has 1 aromatic heterocycles. The van der Waals surface area contributed by atoms with E-state index in [1.807, 2.05) is 6.07 Å². The third-order valence-electron chi connectivity index (χ3n) is 4.08. The van der Waals surface area contributed by atoms with Crippen LogP contribution in [0.4, 0.5) is 23.7 Å². The number of carbonyl (C=O) groups is 1. The lowest BCUT2D eigenvalue weighted by atomic mass is 9.90. The Hall–Kier alpha value is -3.36. The van der Waals surface area contributed by atoms with Crippen molar-refractivity contribution in [2.45, 2.75) is 12.0 Å². The number of nitriles is 1. The third kappa shape index (κ3) is 4.29. The molecule has 2 heterocycles. The molecule has 0 radical (unpaired) electrons. The number of rotatable bonds is 4. The van der Waals surface area contributed by atoms with Crippen molar-refractivity contribution in [1.82, 2.24) is 4.98 Å². The van der Waals surface area contributed by atoms with Crippen LogP contribution in [0.5, 0.6) is 5.88 Å². The molecular weight excluding hydrogens is 427 g/mol. The molecule has 0 saturated heterocycles. The maximum atomic E-state index is 14.4. The smallest absolute Gasteiger partial charge is 0.389 e. The Bertz CT molecular complexity index is 1060. The number of alkyl halides is 2. The molecule has 12 heteroatoms. The average molecular weight is 440 g/mol. The second-order valence-corrected chi connectivity index (χ2v) is 6.56. The van der Waals surface area contributed by atoms with E-state index in [1.54, 1.807) is 0 Å². The van der Waals surface area contributed by atoms with Crippen LogP contribution in [0.25, 0.3) is 0 Å². The van der Waals surface area contributed by atoms with Gasteiger partial charge in [-0.3, -0.25) is 10.3 Å². The summed E-state index contributed by atoms with van der Waals surface area (Å²) in [6, 6.07) is 6.08. The van der Waals surface area contributed by atoms with Gasteiger partial charge < -0.3 is 15.2 Å². The SMILES string of the molecule is N#Cc1cnc(OC(=O)Nc2ccc(F)c([C@]3(C(F)F)COCC(N)=N3)c2)c(Cl)c1. The van der Waals surface area contributed by atoms with Crippen LogP contribution in [0.1, 0.15) is 11.1 Å². The second kappa shape index (κ2) is 8.56. The number of ether oxygens (including phenoxy) is 2. The first-order chi connectivity index (χ1) is 14.2.